The van der Waals surface area contributed by atoms with Crippen molar-refractivity contribution in [1.29, 1.82) is 0 Å². The fourth-order valence-electron chi connectivity index (χ4n) is 5.80. The van der Waals surface area contributed by atoms with E-state index in [4.69, 9.17) is 0 Å². The number of aromatic nitrogens is 1. The van der Waals surface area contributed by atoms with Crippen molar-refractivity contribution in [2.24, 2.45) is 5.92 Å². The normalized spacial score (nSPS) is 24.6. The minimum atomic E-state index is -0.0950. The summed E-state index contributed by atoms with van der Waals surface area (Å²) >= 11 is 0. The molecule has 2 saturated heterocycles. The molecule has 0 aliphatic carbocycles. The predicted molar refractivity (Wildman–Crippen MR) is 123 cm³/mol. The Morgan fingerprint density at radius 1 is 1.00 bits per heavy atom. The van der Waals surface area contributed by atoms with E-state index in [0.29, 0.717) is 17.9 Å². The number of rotatable bonds is 3. The van der Waals surface area contributed by atoms with Gasteiger partial charge >= 0.3 is 0 Å². The van der Waals surface area contributed by atoms with Crippen molar-refractivity contribution < 1.29 is 4.79 Å². The second-order valence-electron chi connectivity index (χ2n) is 9.63. The molecular formula is C25H32N4O2. The number of hydrogen-bond donors (Lipinski definition) is 1. The highest BCUT2D eigenvalue weighted by molar-refractivity contribution is 5.88. The Balaban J connectivity index is 1.38. The minimum absolute atomic E-state index is 0.0950. The second-order valence-corrected chi connectivity index (χ2v) is 9.63. The summed E-state index contributed by atoms with van der Waals surface area (Å²) in [5, 5.41) is 2.78. The summed E-state index contributed by atoms with van der Waals surface area (Å²) < 4.78 is 2.04. The molecule has 5 rings (SSSR count). The van der Waals surface area contributed by atoms with Gasteiger partial charge in [0.15, 0.2) is 0 Å². The quantitative estimate of drug-likeness (QED) is 0.829. The molecule has 2 atom stereocenters. The molecule has 6 nitrogen and oxygen atoms in total. The third kappa shape index (κ3) is 4.06. The number of likely N-dealkylation sites (tertiary alicyclic amines) is 2. The van der Waals surface area contributed by atoms with Gasteiger partial charge in [-0.05, 0) is 75.1 Å². The molecule has 1 aromatic carbocycles. The van der Waals surface area contributed by atoms with E-state index in [1.165, 1.54) is 45.0 Å². The van der Waals surface area contributed by atoms with Crippen molar-refractivity contribution in [3.63, 3.8) is 0 Å². The van der Waals surface area contributed by atoms with Gasteiger partial charge in [0.2, 0.25) is 5.91 Å². The number of pyridine rings is 1. The lowest BCUT2D eigenvalue weighted by atomic mass is 9.81. The average Bonchev–Trinajstić information content (AvgIpc) is 2.75. The molecule has 1 N–H and O–H groups in total. The Hall–Kier alpha value is -2.44. The first-order chi connectivity index (χ1) is 15.0. The van der Waals surface area contributed by atoms with Gasteiger partial charge in [0.25, 0.3) is 5.56 Å². The van der Waals surface area contributed by atoms with Gasteiger partial charge in [-0.1, -0.05) is 12.1 Å². The highest BCUT2D eigenvalue weighted by Crippen LogP contribution is 2.37. The van der Waals surface area contributed by atoms with E-state index in [-0.39, 0.29) is 11.5 Å². The number of nitrogens with one attached hydrogen (secondary N) is 1. The zero-order chi connectivity index (χ0) is 21.5. The molecule has 3 aliphatic rings. The Morgan fingerprint density at radius 3 is 2.45 bits per heavy atom. The van der Waals surface area contributed by atoms with Gasteiger partial charge in [0.1, 0.15) is 0 Å². The van der Waals surface area contributed by atoms with Crippen molar-refractivity contribution in [1.82, 2.24) is 14.4 Å². The SMILES string of the molecule is CC(=O)Nc1ccc(-c2ccc3n(c2=O)C[C@@H]2C[C@@H]3CN(C3CCN(C)CC3)C2)cc1. The smallest absolute Gasteiger partial charge is 0.258 e. The van der Waals surface area contributed by atoms with E-state index in [9.17, 15) is 9.59 Å². The van der Waals surface area contributed by atoms with Crippen LogP contribution in [0.5, 0.6) is 0 Å². The molecule has 31 heavy (non-hydrogen) atoms. The van der Waals surface area contributed by atoms with Crippen molar-refractivity contribution in [3.8, 4) is 11.1 Å². The summed E-state index contributed by atoms with van der Waals surface area (Å²) in [4.78, 5) is 29.8. The number of anilines is 1. The van der Waals surface area contributed by atoms with Crippen molar-refractivity contribution in [3.05, 3.63) is 52.4 Å². The first kappa shape index (κ1) is 20.5. The van der Waals surface area contributed by atoms with Crippen LogP contribution in [0, 0.1) is 5.92 Å². The van der Waals surface area contributed by atoms with Crippen LogP contribution in [0.2, 0.25) is 0 Å². The zero-order valence-electron chi connectivity index (χ0n) is 18.5. The maximum atomic E-state index is 13.4. The maximum Gasteiger partial charge on any atom is 0.258 e. The van der Waals surface area contributed by atoms with Gasteiger partial charge < -0.3 is 14.8 Å². The summed E-state index contributed by atoms with van der Waals surface area (Å²) in [7, 11) is 2.22. The molecule has 0 spiro atoms. The van der Waals surface area contributed by atoms with E-state index in [0.717, 1.165) is 36.4 Å². The monoisotopic (exact) mass is 420 g/mol. The Kier molecular flexibility index (Phi) is 5.44. The Labute approximate surface area is 183 Å². The van der Waals surface area contributed by atoms with Crippen molar-refractivity contribution >= 4 is 11.6 Å². The summed E-state index contributed by atoms with van der Waals surface area (Å²) in [5.41, 5.74) is 3.71. The van der Waals surface area contributed by atoms with Crippen LogP contribution in [0.25, 0.3) is 11.1 Å². The molecule has 164 valence electrons. The first-order valence-corrected chi connectivity index (χ1v) is 11.5. The second kappa shape index (κ2) is 8.24. The maximum absolute atomic E-state index is 13.4. The lowest BCUT2D eigenvalue weighted by Gasteiger charge is -2.47. The summed E-state index contributed by atoms with van der Waals surface area (Å²) in [6, 6.07) is 12.4. The number of carbonyl (C=O) groups is 1. The average molecular weight is 421 g/mol. The number of fused-ring (bicyclic) bond motifs is 4. The van der Waals surface area contributed by atoms with E-state index in [2.05, 4.69) is 28.2 Å². The summed E-state index contributed by atoms with van der Waals surface area (Å²) in [6.45, 7) is 6.90. The molecule has 2 aromatic rings. The van der Waals surface area contributed by atoms with Gasteiger partial charge in [-0.15, -0.1) is 0 Å². The minimum Gasteiger partial charge on any atom is -0.326 e. The van der Waals surface area contributed by atoms with E-state index < -0.39 is 0 Å². The third-order valence-electron chi connectivity index (χ3n) is 7.35. The lowest BCUT2D eigenvalue weighted by molar-refractivity contribution is -0.114. The van der Waals surface area contributed by atoms with E-state index >= 15 is 0 Å². The van der Waals surface area contributed by atoms with Crippen LogP contribution in [0.15, 0.2) is 41.2 Å². The van der Waals surface area contributed by atoms with Crippen LogP contribution in [-0.4, -0.2) is 59.5 Å². The number of piperidine rings is 2. The van der Waals surface area contributed by atoms with Gasteiger partial charge in [-0.3, -0.25) is 14.5 Å². The first-order valence-electron chi connectivity index (χ1n) is 11.5. The Bertz CT molecular complexity index is 1020. The number of carbonyl (C=O) groups excluding carboxylic acids is 1. The number of hydrogen-bond acceptors (Lipinski definition) is 4. The van der Waals surface area contributed by atoms with Crippen LogP contribution in [0.3, 0.4) is 0 Å². The fourth-order valence-corrected chi connectivity index (χ4v) is 5.80. The zero-order valence-corrected chi connectivity index (χ0v) is 18.5. The largest absolute Gasteiger partial charge is 0.326 e. The van der Waals surface area contributed by atoms with E-state index in [1.807, 2.05) is 34.9 Å². The molecule has 6 heteroatoms. The number of amides is 1. The molecule has 1 amide bonds. The van der Waals surface area contributed by atoms with Gasteiger partial charge in [0.05, 0.1) is 0 Å². The highest BCUT2D eigenvalue weighted by atomic mass is 16.1. The molecule has 3 aliphatic heterocycles. The molecule has 0 unspecified atom stereocenters. The standard InChI is InChI=1S/C25H32N4O2/c1-17(30)26-21-5-3-19(4-6-21)23-7-8-24-20-13-18(15-29(24)25(23)31)14-28(16-20)22-9-11-27(2)12-10-22/h3-8,18,20,22H,9-16H2,1-2H3,(H,26,30)/t18-,20-/m1/s1. The number of nitrogens with zero attached hydrogens (tertiary/aromatic N) is 3. The van der Waals surface area contributed by atoms with Crippen LogP contribution < -0.4 is 10.9 Å². The van der Waals surface area contributed by atoms with Gasteiger partial charge in [-0.25, -0.2) is 0 Å². The summed E-state index contributed by atoms with van der Waals surface area (Å²) in [6.07, 6.45) is 3.72. The van der Waals surface area contributed by atoms with Crippen LogP contribution in [-0.2, 0) is 11.3 Å². The van der Waals surface area contributed by atoms with Crippen molar-refractivity contribution in [2.75, 3.05) is 38.5 Å². The van der Waals surface area contributed by atoms with Crippen LogP contribution >= 0.6 is 0 Å². The Morgan fingerprint density at radius 2 is 1.74 bits per heavy atom. The van der Waals surface area contributed by atoms with Gasteiger partial charge in [0, 0.05) is 55.5 Å². The van der Waals surface area contributed by atoms with Gasteiger partial charge in [-0.2, -0.15) is 0 Å². The fraction of sp³-hybridized carbons (Fsp3) is 0.520. The summed E-state index contributed by atoms with van der Waals surface area (Å²) in [5.74, 6) is 0.916. The molecular weight excluding hydrogens is 388 g/mol. The molecule has 0 radical (unpaired) electrons. The topological polar surface area (TPSA) is 57.6 Å². The molecule has 4 heterocycles. The van der Waals surface area contributed by atoms with E-state index in [1.54, 1.807) is 0 Å². The third-order valence-corrected chi connectivity index (χ3v) is 7.35. The number of benzene rings is 1. The molecule has 2 fully saturated rings. The highest BCUT2D eigenvalue weighted by Gasteiger charge is 2.37. The molecule has 2 bridgehead atoms. The van der Waals surface area contributed by atoms with Crippen LogP contribution in [0.4, 0.5) is 5.69 Å². The van der Waals surface area contributed by atoms with Crippen LogP contribution in [0.1, 0.15) is 37.8 Å². The van der Waals surface area contributed by atoms with Crippen molar-refractivity contribution in [2.45, 2.75) is 44.7 Å². The lowest BCUT2D eigenvalue weighted by Crippen LogP contribution is -2.53. The molecule has 1 aromatic heterocycles. The predicted octanol–water partition coefficient (Wildman–Crippen LogP) is 2.99. The molecule has 0 saturated carbocycles.